The van der Waals surface area contributed by atoms with E-state index in [1.807, 2.05) is 0 Å². The summed E-state index contributed by atoms with van der Waals surface area (Å²) in [4.78, 5) is 27.7. The number of nitrogens with two attached hydrogens (primary N) is 1. The number of hydrogen-bond acceptors (Lipinski definition) is 6. The van der Waals surface area contributed by atoms with E-state index in [2.05, 4.69) is 4.98 Å². The molecule has 0 radical (unpaired) electrons. The van der Waals surface area contributed by atoms with Gasteiger partial charge >= 0.3 is 6.03 Å². The molecule has 1 aromatic heterocycles. The normalized spacial score (nSPS) is 10.5. The Hall–Kier alpha value is -3.88. The van der Waals surface area contributed by atoms with Crippen molar-refractivity contribution in [2.75, 3.05) is 12.0 Å². The summed E-state index contributed by atoms with van der Waals surface area (Å²) in [5, 5.41) is 10.4. The van der Waals surface area contributed by atoms with Gasteiger partial charge < -0.3 is 20.3 Å². The number of hydrogen-bond donors (Lipinski definition) is 2. The number of amides is 3. The van der Waals surface area contributed by atoms with Crippen LogP contribution in [0, 0.1) is 5.82 Å². The number of phenolic OH excluding ortho intramolecular Hbond substituents is 1. The molecule has 2 aromatic carbocycles. The van der Waals surface area contributed by atoms with Crippen LogP contribution in [-0.2, 0) is 4.79 Å². The molecule has 3 amide bonds. The Labute approximate surface area is 158 Å². The lowest BCUT2D eigenvalue weighted by molar-refractivity contribution is -0.115. The van der Waals surface area contributed by atoms with E-state index >= 15 is 0 Å². The van der Waals surface area contributed by atoms with Crippen molar-refractivity contribution in [3.05, 3.63) is 48.4 Å². The highest BCUT2D eigenvalue weighted by Gasteiger charge is 2.19. The van der Waals surface area contributed by atoms with Gasteiger partial charge in [0.25, 0.3) is 0 Å². The maximum atomic E-state index is 14.5. The number of ether oxygens (including phenoxy) is 2. The molecule has 9 heteroatoms. The van der Waals surface area contributed by atoms with Crippen molar-refractivity contribution in [3.63, 3.8) is 0 Å². The first kappa shape index (κ1) is 18.9. The summed E-state index contributed by atoms with van der Waals surface area (Å²) in [6.07, 6.45) is 1.44. The Balaban J connectivity index is 2.00. The third-order valence-electron chi connectivity index (χ3n) is 3.93. The van der Waals surface area contributed by atoms with Crippen molar-refractivity contribution in [2.24, 2.45) is 5.73 Å². The molecule has 0 atom stereocenters. The Morgan fingerprint density at radius 1 is 1.14 bits per heavy atom. The molecule has 0 fully saturated rings. The third kappa shape index (κ3) is 3.50. The number of nitrogens with zero attached hydrogens (tertiary/aromatic N) is 2. The molecule has 1 heterocycles. The number of imide groups is 1. The molecule has 0 aliphatic heterocycles. The summed E-state index contributed by atoms with van der Waals surface area (Å²) in [5.74, 6) is -1.21. The van der Waals surface area contributed by atoms with Gasteiger partial charge in [0.2, 0.25) is 5.91 Å². The number of aromatic hydroxyl groups is 1. The second kappa shape index (κ2) is 7.39. The van der Waals surface area contributed by atoms with Gasteiger partial charge in [0.05, 0.1) is 18.3 Å². The van der Waals surface area contributed by atoms with Crippen LogP contribution in [0.2, 0.25) is 0 Å². The van der Waals surface area contributed by atoms with Gasteiger partial charge in [-0.2, -0.15) is 0 Å². The molecule has 3 N–H and O–H groups in total. The summed E-state index contributed by atoms with van der Waals surface area (Å²) in [7, 11) is 1.40. The average molecular weight is 385 g/mol. The van der Waals surface area contributed by atoms with Crippen LogP contribution >= 0.6 is 0 Å². The number of urea groups is 1. The quantitative estimate of drug-likeness (QED) is 0.712. The molecule has 0 aliphatic rings. The first-order chi connectivity index (χ1) is 13.3. The Bertz CT molecular complexity index is 1070. The molecule has 0 bridgehead atoms. The number of aromatic nitrogens is 1. The lowest BCUT2D eigenvalue weighted by Crippen LogP contribution is -2.39. The molecule has 3 rings (SSSR count). The number of pyridine rings is 1. The van der Waals surface area contributed by atoms with Gasteiger partial charge in [-0.25, -0.2) is 14.1 Å². The van der Waals surface area contributed by atoms with Crippen LogP contribution in [0.1, 0.15) is 6.92 Å². The molecule has 8 nitrogen and oxygen atoms in total. The number of carbonyl (C=O) groups excluding carboxylic acids is 2. The molecule has 0 unspecified atom stereocenters. The van der Waals surface area contributed by atoms with Crippen molar-refractivity contribution in [1.82, 2.24) is 4.98 Å². The van der Waals surface area contributed by atoms with E-state index in [-0.39, 0.29) is 28.7 Å². The van der Waals surface area contributed by atoms with Crippen molar-refractivity contribution in [1.29, 1.82) is 0 Å². The van der Waals surface area contributed by atoms with Crippen molar-refractivity contribution in [2.45, 2.75) is 6.92 Å². The van der Waals surface area contributed by atoms with E-state index in [0.29, 0.717) is 15.8 Å². The van der Waals surface area contributed by atoms with Gasteiger partial charge in [-0.3, -0.25) is 9.78 Å². The van der Waals surface area contributed by atoms with E-state index in [1.54, 1.807) is 0 Å². The Kier molecular flexibility index (Phi) is 4.99. The predicted octanol–water partition coefficient (Wildman–Crippen LogP) is 3.31. The van der Waals surface area contributed by atoms with Gasteiger partial charge in [0.1, 0.15) is 5.75 Å². The molecule has 144 valence electrons. The van der Waals surface area contributed by atoms with E-state index < -0.39 is 17.8 Å². The van der Waals surface area contributed by atoms with Gasteiger partial charge in [-0.1, -0.05) is 0 Å². The van der Waals surface area contributed by atoms with Crippen molar-refractivity contribution < 1.29 is 28.6 Å². The SMILES string of the molecule is COc1cc2c(Oc3ccc(N(C(C)=O)C(N)=O)cc3F)ccnc2cc1O. The number of phenols is 1. The van der Waals surface area contributed by atoms with E-state index in [1.165, 1.54) is 43.6 Å². The topological polar surface area (TPSA) is 115 Å². The average Bonchev–Trinajstić information content (AvgIpc) is 2.63. The number of primary amides is 1. The lowest BCUT2D eigenvalue weighted by atomic mass is 10.2. The second-order valence-electron chi connectivity index (χ2n) is 5.76. The highest BCUT2D eigenvalue weighted by atomic mass is 19.1. The standard InChI is InChI=1S/C19H16FN3O5/c1-10(24)23(19(21)26)11-3-4-17(13(20)7-11)28-16-5-6-22-14-9-15(25)18(27-2)8-12(14)16/h3-9,25H,1-2H3,(H2,21,26). The Morgan fingerprint density at radius 3 is 2.50 bits per heavy atom. The van der Waals surface area contributed by atoms with Crippen molar-refractivity contribution in [3.8, 4) is 23.0 Å². The summed E-state index contributed by atoms with van der Waals surface area (Å²) in [6.45, 7) is 1.14. The van der Waals surface area contributed by atoms with Crippen LogP contribution < -0.4 is 20.1 Å². The monoisotopic (exact) mass is 385 g/mol. The van der Waals surface area contributed by atoms with Gasteiger partial charge in [-0.05, 0) is 24.3 Å². The van der Waals surface area contributed by atoms with Crippen LogP contribution in [0.25, 0.3) is 10.9 Å². The second-order valence-corrected chi connectivity index (χ2v) is 5.76. The largest absolute Gasteiger partial charge is 0.504 e. The molecule has 0 spiro atoms. The highest BCUT2D eigenvalue weighted by molar-refractivity contribution is 6.12. The zero-order valence-electron chi connectivity index (χ0n) is 15.0. The zero-order chi connectivity index (χ0) is 20.4. The molecule has 0 aliphatic carbocycles. The third-order valence-corrected chi connectivity index (χ3v) is 3.93. The fourth-order valence-electron chi connectivity index (χ4n) is 2.68. The number of fused-ring (bicyclic) bond motifs is 1. The first-order valence-electron chi connectivity index (χ1n) is 8.05. The van der Waals surface area contributed by atoms with Gasteiger partial charge in [0.15, 0.2) is 23.1 Å². The van der Waals surface area contributed by atoms with E-state index in [0.717, 1.165) is 13.0 Å². The number of benzene rings is 2. The van der Waals surface area contributed by atoms with E-state index in [4.69, 9.17) is 15.2 Å². The molecular weight excluding hydrogens is 369 g/mol. The zero-order valence-corrected chi connectivity index (χ0v) is 15.0. The maximum Gasteiger partial charge on any atom is 0.326 e. The van der Waals surface area contributed by atoms with Crippen LogP contribution in [0.3, 0.4) is 0 Å². The molecule has 0 saturated carbocycles. The number of anilines is 1. The van der Waals surface area contributed by atoms with Crippen LogP contribution in [-0.4, -0.2) is 29.1 Å². The maximum absolute atomic E-state index is 14.5. The smallest absolute Gasteiger partial charge is 0.326 e. The van der Waals surface area contributed by atoms with Crippen LogP contribution in [0.4, 0.5) is 14.9 Å². The minimum absolute atomic E-state index is 0.0176. The van der Waals surface area contributed by atoms with Crippen LogP contribution in [0.15, 0.2) is 42.6 Å². The summed E-state index contributed by atoms with van der Waals surface area (Å²) in [6, 6.07) is 7.00. The summed E-state index contributed by atoms with van der Waals surface area (Å²) >= 11 is 0. The summed E-state index contributed by atoms with van der Waals surface area (Å²) in [5.41, 5.74) is 5.56. The molecular formula is C19H16FN3O5. The van der Waals surface area contributed by atoms with Crippen LogP contribution in [0.5, 0.6) is 23.0 Å². The fourth-order valence-corrected chi connectivity index (χ4v) is 2.68. The minimum atomic E-state index is -1.02. The fraction of sp³-hybridized carbons (Fsp3) is 0.105. The predicted molar refractivity (Wildman–Crippen MR) is 99.2 cm³/mol. The Morgan fingerprint density at radius 2 is 1.89 bits per heavy atom. The van der Waals surface area contributed by atoms with E-state index in [9.17, 15) is 19.1 Å². The molecule has 0 saturated heterocycles. The van der Waals surface area contributed by atoms with Gasteiger partial charge in [0, 0.05) is 30.6 Å². The van der Waals surface area contributed by atoms with Gasteiger partial charge in [-0.15, -0.1) is 0 Å². The van der Waals surface area contributed by atoms with Crippen molar-refractivity contribution >= 4 is 28.5 Å². The molecule has 28 heavy (non-hydrogen) atoms. The summed E-state index contributed by atoms with van der Waals surface area (Å²) < 4.78 is 25.3. The number of methoxy groups -OCH3 is 1. The lowest BCUT2D eigenvalue weighted by Gasteiger charge is -2.17. The highest BCUT2D eigenvalue weighted by Crippen LogP contribution is 2.37. The minimum Gasteiger partial charge on any atom is -0.504 e. The number of carbonyl (C=O) groups is 2. The number of rotatable bonds is 4. The first-order valence-corrected chi connectivity index (χ1v) is 8.05. The molecule has 3 aromatic rings. The number of halogens is 1.